The SMILES string of the molecule is Oc1ccc(-c2nccnc2Nc2ccc(C(F)(F)F)cc2)cc1F. The van der Waals surface area contributed by atoms with E-state index in [2.05, 4.69) is 15.3 Å². The number of hydrogen-bond acceptors (Lipinski definition) is 4. The van der Waals surface area contributed by atoms with E-state index >= 15 is 0 Å². The highest BCUT2D eigenvalue weighted by atomic mass is 19.4. The lowest BCUT2D eigenvalue weighted by atomic mass is 10.1. The Morgan fingerprint density at radius 2 is 1.60 bits per heavy atom. The Bertz CT molecular complexity index is 895. The number of anilines is 2. The normalized spacial score (nSPS) is 11.4. The van der Waals surface area contributed by atoms with Crippen LogP contribution in [0.1, 0.15) is 5.56 Å². The molecule has 0 fully saturated rings. The predicted octanol–water partition coefficient (Wildman–Crippen LogP) is 4.75. The molecular weight excluding hydrogens is 338 g/mol. The molecule has 2 N–H and O–H groups in total. The second-order valence-electron chi connectivity index (χ2n) is 5.12. The first-order valence-electron chi connectivity index (χ1n) is 7.09. The van der Waals surface area contributed by atoms with E-state index in [9.17, 15) is 22.7 Å². The van der Waals surface area contributed by atoms with Crippen molar-refractivity contribution in [3.8, 4) is 17.0 Å². The number of halogens is 4. The molecule has 0 amide bonds. The van der Waals surface area contributed by atoms with Gasteiger partial charge in [0.15, 0.2) is 17.4 Å². The van der Waals surface area contributed by atoms with Crippen LogP contribution >= 0.6 is 0 Å². The quantitative estimate of drug-likeness (QED) is 0.670. The third-order valence-corrected chi connectivity index (χ3v) is 3.39. The Kier molecular flexibility index (Phi) is 4.26. The van der Waals surface area contributed by atoms with E-state index in [1.807, 2.05) is 0 Å². The number of benzene rings is 2. The largest absolute Gasteiger partial charge is 0.505 e. The molecule has 2 aromatic carbocycles. The van der Waals surface area contributed by atoms with Crippen molar-refractivity contribution in [3.63, 3.8) is 0 Å². The highest BCUT2D eigenvalue weighted by Gasteiger charge is 2.29. The van der Waals surface area contributed by atoms with Gasteiger partial charge in [-0.2, -0.15) is 13.2 Å². The zero-order chi connectivity index (χ0) is 18.0. The zero-order valence-corrected chi connectivity index (χ0v) is 12.5. The molecule has 0 saturated heterocycles. The molecule has 4 nitrogen and oxygen atoms in total. The van der Waals surface area contributed by atoms with E-state index in [0.717, 1.165) is 18.2 Å². The molecule has 0 aliphatic heterocycles. The summed E-state index contributed by atoms with van der Waals surface area (Å²) in [6.07, 6.45) is -1.62. The van der Waals surface area contributed by atoms with Crippen LogP contribution in [-0.4, -0.2) is 15.1 Å². The number of phenolic OH excluding ortho intramolecular Hbond substituents is 1. The van der Waals surface area contributed by atoms with Crippen LogP contribution in [0.5, 0.6) is 5.75 Å². The lowest BCUT2D eigenvalue weighted by Gasteiger charge is -2.12. The Morgan fingerprint density at radius 1 is 0.920 bits per heavy atom. The minimum Gasteiger partial charge on any atom is -0.505 e. The summed E-state index contributed by atoms with van der Waals surface area (Å²) in [5, 5.41) is 12.1. The second kappa shape index (κ2) is 6.39. The zero-order valence-electron chi connectivity index (χ0n) is 12.5. The molecule has 0 unspecified atom stereocenters. The number of aromatic hydroxyl groups is 1. The summed E-state index contributed by atoms with van der Waals surface area (Å²) in [4.78, 5) is 8.21. The van der Waals surface area contributed by atoms with Gasteiger partial charge in [-0.25, -0.2) is 9.37 Å². The van der Waals surface area contributed by atoms with Crippen molar-refractivity contribution < 1.29 is 22.7 Å². The Morgan fingerprint density at radius 3 is 2.24 bits per heavy atom. The topological polar surface area (TPSA) is 58.0 Å². The minimum absolute atomic E-state index is 0.243. The third kappa shape index (κ3) is 3.68. The molecule has 1 aromatic heterocycles. The monoisotopic (exact) mass is 349 g/mol. The van der Waals surface area contributed by atoms with E-state index in [4.69, 9.17) is 0 Å². The summed E-state index contributed by atoms with van der Waals surface area (Å²) in [6, 6.07) is 8.15. The molecule has 1 heterocycles. The van der Waals surface area contributed by atoms with Gasteiger partial charge in [-0.3, -0.25) is 4.98 Å². The number of nitrogens with one attached hydrogen (secondary N) is 1. The number of aromatic nitrogens is 2. The summed E-state index contributed by atoms with van der Waals surface area (Å²) in [6.45, 7) is 0. The highest BCUT2D eigenvalue weighted by Crippen LogP contribution is 2.32. The Labute approximate surface area is 139 Å². The first-order chi connectivity index (χ1) is 11.8. The van der Waals surface area contributed by atoms with E-state index in [-0.39, 0.29) is 5.82 Å². The minimum atomic E-state index is -4.42. The molecule has 0 aliphatic carbocycles. The fourth-order valence-electron chi connectivity index (χ4n) is 2.17. The van der Waals surface area contributed by atoms with Crippen LogP contribution in [0, 0.1) is 5.82 Å². The van der Waals surface area contributed by atoms with Gasteiger partial charge in [0.25, 0.3) is 0 Å². The maximum absolute atomic E-state index is 13.6. The molecule has 0 aliphatic rings. The Hall–Kier alpha value is -3.16. The van der Waals surface area contributed by atoms with Gasteiger partial charge in [0.2, 0.25) is 0 Å². The van der Waals surface area contributed by atoms with E-state index in [1.165, 1.54) is 36.7 Å². The van der Waals surface area contributed by atoms with Gasteiger partial charge < -0.3 is 10.4 Å². The average molecular weight is 349 g/mol. The van der Waals surface area contributed by atoms with Gasteiger partial charge in [0.05, 0.1) is 5.56 Å². The van der Waals surface area contributed by atoms with Gasteiger partial charge in [-0.05, 0) is 42.5 Å². The van der Waals surface area contributed by atoms with E-state index < -0.39 is 23.3 Å². The average Bonchev–Trinajstić information content (AvgIpc) is 2.58. The summed E-state index contributed by atoms with van der Waals surface area (Å²) >= 11 is 0. The molecule has 0 radical (unpaired) electrons. The van der Waals surface area contributed by atoms with Crippen LogP contribution in [0.25, 0.3) is 11.3 Å². The second-order valence-corrected chi connectivity index (χ2v) is 5.12. The van der Waals surface area contributed by atoms with Crippen molar-refractivity contribution in [1.82, 2.24) is 9.97 Å². The van der Waals surface area contributed by atoms with Crippen molar-refractivity contribution in [3.05, 3.63) is 66.2 Å². The van der Waals surface area contributed by atoms with E-state index in [1.54, 1.807) is 0 Å². The summed E-state index contributed by atoms with van der Waals surface area (Å²) < 4.78 is 51.4. The smallest absolute Gasteiger partial charge is 0.416 e. The van der Waals surface area contributed by atoms with Crippen LogP contribution in [0.4, 0.5) is 29.1 Å². The molecule has 0 saturated carbocycles. The predicted molar refractivity (Wildman–Crippen MR) is 83.8 cm³/mol. The van der Waals surface area contributed by atoms with Gasteiger partial charge in [-0.1, -0.05) is 0 Å². The van der Waals surface area contributed by atoms with Crippen LogP contribution in [0.15, 0.2) is 54.9 Å². The molecule has 0 spiro atoms. The molecule has 0 bridgehead atoms. The number of phenols is 1. The van der Waals surface area contributed by atoms with E-state index in [0.29, 0.717) is 16.9 Å². The highest BCUT2D eigenvalue weighted by molar-refractivity contribution is 5.75. The number of nitrogens with zero attached hydrogens (tertiary/aromatic N) is 2. The van der Waals surface area contributed by atoms with Gasteiger partial charge in [0, 0.05) is 23.6 Å². The van der Waals surface area contributed by atoms with Crippen LogP contribution < -0.4 is 5.32 Å². The number of alkyl halides is 3. The molecular formula is C17H11F4N3O. The first-order valence-corrected chi connectivity index (χ1v) is 7.09. The lowest BCUT2D eigenvalue weighted by Crippen LogP contribution is -2.05. The third-order valence-electron chi connectivity index (χ3n) is 3.39. The van der Waals surface area contributed by atoms with Crippen LogP contribution in [-0.2, 0) is 6.18 Å². The maximum atomic E-state index is 13.6. The maximum Gasteiger partial charge on any atom is 0.416 e. The lowest BCUT2D eigenvalue weighted by molar-refractivity contribution is -0.137. The van der Waals surface area contributed by atoms with Crippen molar-refractivity contribution in [2.75, 3.05) is 5.32 Å². The van der Waals surface area contributed by atoms with Crippen molar-refractivity contribution in [1.29, 1.82) is 0 Å². The van der Waals surface area contributed by atoms with Crippen LogP contribution in [0.2, 0.25) is 0 Å². The first kappa shape index (κ1) is 16.7. The number of rotatable bonds is 3. The molecule has 0 atom stereocenters. The standard InChI is InChI=1S/C17H11F4N3O/c18-13-9-10(1-6-14(13)25)15-16(23-8-7-22-15)24-12-4-2-11(3-5-12)17(19,20)21/h1-9,25H,(H,23,24). The summed E-state index contributed by atoms with van der Waals surface area (Å²) in [5.41, 5.74) is 0.256. The fraction of sp³-hybridized carbons (Fsp3) is 0.0588. The summed E-state index contributed by atoms with van der Waals surface area (Å²) in [5.74, 6) is -1.07. The van der Waals surface area contributed by atoms with Crippen molar-refractivity contribution in [2.24, 2.45) is 0 Å². The van der Waals surface area contributed by atoms with Gasteiger partial charge in [0.1, 0.15) is 5.69 Å². The molecule has 3 rings (SSSR count). The summed E-state index contributed by atoms with van der Waals surface area (Å²) in [7, 11) is 0. The fourth-order valence-corrected chi connectivity index (χ4v) is 2.17. The van der Waals surface area contributed by atoms with Gasteiger partial charge >= 0.3 is 6.18 Å². The molecule has 128 valence electrons. The van der Waals surface area contributed by atoms with Crippen molar-refractivity contribution in [2.45, 2.75) is 6.18 Å². The number of hydrogen-bond donors (Lipinski definition) is 2. The molecule has 3 aromatic rings. The van der Waals surface area contributed by atoms with Crippen LogP contribution in [0.3, 0.4) is 0 Å². The molecule has 25 heavy (non-hydrogen) atoms. The van der Waals surface area contributed by atoms with Gasteiger partial charge in [-0.15, -0.1) is 0 Å². The molecule has 8 heteroatoms. The Balaban J connectivity index is 1.92. The van der Waals surface area contributed by atoms with Crippen molar-refractivity contribution >= 4 is 11.5 Å².